The third-order valence-corrected chi connectivity index (χ3v) is 4.79. The number of aromatic amines is 1. The van der Waals surface area contributed by atoms with E-state index in [1.165, 1.54) is 0 Å². The number of nitrogens with zero attached hydrogens (tertiary/aromatic N) is 3. The molecule has 7 heteroatoms. The first-order valence-corrected chi connectivity index (χ1v) is 7.84. The SMILES string of the molecule is O=C(c1[nH]ncc1Br)N1CCCC[C@@H]1c1nccs1. The molecule has 100 valence electrons. The molecule has 5 nitrogen and oxygen atoms in total. The van der Waals surface area contributed by atoms with Gasteiger partial charge in [-0.1, -0.05) is 0 Å². The third kappa shape index (κ3) is 2.44. The molecule has 1 aliphatic rings. The molecule has 1 aliphatic heterocycles. The number of rotatable bonds is 2. The van der Waals surface area contributed by atoms with Gasteiger partial charge in [0.15, 0.2) is 0 Å². The van der Waals surface area contributed by atoms with Gasteiger partial charge >= 0.3 is 0 Å². The number of hydrogen-bond donors (Lipinski definition) is 1. The number of thiazole rings is 1. The molecule has 2 aromatic rings. The number of piperidine rings is 1. The van der Waals surface area contributed by atoms with Gasteiger partial charge in [0.2, 0.25) is 0 Å². The maximum absolute atomic E-state index is 12.6. The van der Waals surface area contributed by atoms with Crippen LogP contribution in [0.15, 0.2) is 22.2 Å². The molecule has 0 aliphatic carbocycles. The lowest BCUT2D eigenvalue weighted by Crippen LogP contribution is -2.38. The van der Waals surface area contributed by atoms with Gasteiger partial charge in [-0.2, -0.15) is 5.10 Å². The molecule has 0 saturated carbocycles. The van der Waals surface area contributed by atoms with Gasteiger partial charge in [-0.3, -0.25) is 9.89 Å². The summed E-state index contributed by atoms with van der Waals surface area (Å²) in [5.41, 5.74) is 0.517. The summed E-state index contributed by atoms with van der Waals surface area (Å²) in [6.45, 7) is 0.772. The van der Waals surface area contributed by atoms with Crippen molar-refractivity contribution in [3.05, 3.63) is 32.9 Å². The van der Waals surface area contributed by atoms with Gasteiger partial charge < -0.3 is 4.90 Å². The Labute approximate surface area is 123 Å². The summed E-state index contributed by atoms with van der Waals surface area (Å²) >= 11 is 4.96. The van der Waals surface area contributed by atoms with Gasteiger partial charge in [0.25, 0.3) is 5.91 Å². The number of carbonyl (C=O) groups is 1. The van der Waals surface area contributed by atoms with Crippen molar-refractivity contribution in [2.45, 2.75) is 25.3 Å². The van der Waals surface area contributed by atoms with E-state index in [1.807, 2.05) is 10.3 Å². The summed E-state index contributed by atoms with van der Waals surface area (Å²) in [4.78, 5) is 18.9. The van der Waals surface area contributed by atoms with E-state index in [4.69, 9.17) is 0 Å². The summed E-state index contributed by atoms with van der Waals surface area (Å²) in [6, 6.07) is 0.0939. The molecule has 1 saturated heterocycles. The minimum absolute atomic E-state index is 0.00993. The Balaban J connectivity index is 1.89. The van der Waals surface area contributed by atoms with E-state index in [-0.39, 0.29) is 11.9 Å². The highest BCUT2D eigenvalue weighted by Gasteiger charge is 2.31. The van der Waals surface area contributed by atoms with Gasteiger partial charge in [-0.15, -0.1) is 11.3 Å². The fraction of sp³-hybridized carbons (Fsp3) is 0.417. The highest BCUT2D eigenvalue weighted by Crippen LogP contribution is 2.33. The predicted octanol–water partition coefficient (Wildman–Crippen LogP) is 3.00. The van der Waals surface area contributed by atoms with Crippen LogP contribution in [-0.2, 0) is 0 Å². The molecule has 3 heterocycles. The van der Waals surface area contributed by atoms with Gasteiger partial charge in [0.05, 0.1) is 16.7 Å². The number of aromatic nitrogens is 3. The van der Waals surface area contributed by atoms with Crippen LogP contribution < -0.4 is 0 Å². The fourth-order valence-electron chi connectivity index (χ4n) is 2.40. The lowest BCUT2D eigenvalue weighted by Gasteiger charge is -2.34. The van der Waals surface area contributed by atoms with Gasteiger partial charge in [-0.25, -0.2) is 4.98 Å². The third-order valence-electron chi connectivity index (χ3n) is 3.31. The summed E-state index contributed by atoms with van der Waals surface area (Å²) in [5.74, 6) is -0.00993. The van der Waals surface area contributed by atoms with Crippen LogP contribution in [0, 0.1) is 0 Å². The number of hydrogen-bond acceptors (Lipinski definition) is 4. The Morgan fingerprint density at radius 2 is 2.42 bits per heavy atom. The number of carbonyl (C=O) groups excluding carboxylic acids is 1. The molecule has 0 radical (unpaired) electrons. The molecule has 2 aromatic heterocycles. The van der Waals surface area contributed by atoms with Crippen LogP contribution in [0.25, 0.3) is 0 Å². The zero-order valence-electron chi connectivity index (χ0n) is 10.2. The monoisotopic (exact) mass is 340 g/mol. The fourth-order valence-corrected chi connectivity index (χ4v) is 3.54. The van der Waals surface area contributed by atoms with Gasteiger partial charge in [0.1, 0.15) is 10.7 Å². The van der Waals surface area contributed by atoms with Crippen molar-refractivity contribution in [1.29, 1.82) is 0 Å². The quantitative estimate of drug-likeness (QED) is 0.913. The van der Waals surface area contributed by atoms with E-state index < -0.39 is 0 Å². The van der Waals surface area contributed by atoms with E-state index in [0.717, 1.165) is 30.8 Å². The highest BCUT2D eigenvalue weighted by atomic mass is 79.9. The van der Waals surface area contributed by atoms with E-state index in [2.05, 4.69) is 31.1 Å². The maximum atomic E-state index is 12.6. The number of nitrogens with one attached hydrogen (secondary N) is 1. The summed E-state index contributed by atoms with van der Waals surface area (Å²) in [7, 11) is 0. The second kappa shape index (κ2) is 5.42. The van der Waals surface area contributed by atoms with E-state index >= 15 is 0 Å². The number of halogens is 1. The van der Waals surface area contributed by atoms with E-state index in [9.17, 15) is 4.79 Å². The molecule has 1 amide bonds. The van der Waals surface area contributed by atoms with Crippen molar-refractivity contribution in [3.8, 4) is 0 Å². The Morgan fingerprint density at radius 1 is 1.53 bits per heavy atom. The average molecular weight is 341 g/mol. The molecule has 1 N–H and O–H groups in total. The maximum Gasteiger partial charge on any atom is 0.273 e. The molecule has 0 aromatic carbocycles. The van der Waals surface area contributed by atoms with Crippen LogP contribution in [0.5, 0.6) is 0 Å². The standard InChI is InChI=1S/C12H13BrN4OS/c13-8-7-15-16-10(8)12(18)17-5-2-1-3-9(17)11-14-4-6-19-11/h4,6-7,9H,1-3,5H2,(H,15,16)/t9-/m1/s1. The Bertz CT molecular complexity index is 568. The zero-order chi connectivity index (χ0) is 13.2. The van der Waals surface area contributed by atoms with Crippen LogP contribution in [-0.4, -0.2) is 32.5 Å². The summed E-state index contributed by atoms with van der Waals surface area (Å²) in [6.07, 6.45) is 6.56. The van der Waals surface area contributed by atoms with Crippen LogP contribution in [0.1, 0.15) is 40.8 Å². The lowest BCUT2D eigenvalue weighted by atomic mass is 10.0. The molecule has 0 spiro atoms. The topological polar surface area (TPSA) is 61.9 Å². The normalized spacial score (nSPS) is 19.6. The van der Waals surface area contributed by atoms with Crippen molar-refractivity contribution in [2.75, 3.05) is 6.54 Å². The number of H-pyrrole nitrogens is 1. The minimum Gasteiger partial charge on any atom is -0.328 e. The first-order valence-electron chi connectivity index (χ1n) is 6.16. The van der Waals surface area contributed by atoms with Crippen molar-refractivity contribution in [2.24, 2.45) is 0 Å². The first-order chi connectivity index (χ1) is 9.27. The minimum atomic E-state index is -0.00993. The second-order valence-corrected chi connectivity index (χ2v) is 6.25. The molecule has 0 bridgehead atoms. The summed E-state index contributed by atoms with van der Waals surface area (Å²) < 4.78 is 0.709. The van der Waals surface area contributed by atoms with Crippen molar-refractivity contribution < 1.29 is 4.79 Å². The highest BCUT2D eigenvalue weighted by molar-refractivity contribution is 9.10. The van der Waals surface area contributed by atoms with Crippen LogP contribution in [0.3, 0.4) is 0 Å². The van der Waals surface area contributed by atoms with Crippen molar-refractivity contribution >= 4 is 33.2 Å². The van der Waals surface area contributed by atoms with Gasteiger partial charge in [-0.05, 0) is 35.2 Å². The predicted molar refractivity (Wildman–Crippen MR) is 76.0 cm³/mol. The lowest BCUT2D eigenvalue weighted by molar-refractivity contribution is 0.0604. The van der Waals surface area contributed by atoms with Crippen LogP contribution in [0.4, 0.5) is 0 Å². The smallest absolute Gasteiger partial charge is 0.273 e. The van der Waals surface area contributed by atoms with Gasteiger partial charge in [0, 0.05) is 18.1 Å². The van der Waals surface area contributed by atoms with Crippen LogP contribution >= 0.6 is 27.3 Å². The molecule has 0 unspecified atom stereocenters. The molecular weight excluding hydrogens is 328 g/mol. The first kappa shape index (κ1) is 12.8. The Hall–Kier alpha value is -1.21. The molecule has 19 heavy (non-hydrogen) atoms. The average Bonchev–Trinajstić information content (AvgIpc) is 3.09. The van der Waals surface area contributed by atoms with Crippen molar-refractivity contribution in [1.82, 2.24) is 20.1 Å². The molecule has 1 fully saturated rings. The van der Waals surface area contributed by atoms with E-state index in [0.29, 0.717) is 10.2 Å². The van der Waals surface area contributed by atoms with E-state index in [1.54, 1.807) is 23.7 Å². The number of amides is 1. The van der Waals surface area contributed by atoms with Crippen LogP contribution in [0.2, 0.25) is 0 Å². The Morgan fingerprint density at radius 3 is 3.11 bits per heavy atom. The largest absolute Gasteiger partial charge is 0.328 e. The van der Waals surface area contributed by atoms with Crippen molar-refractivity contribution in [3.63, 3.8) is 0 Å². The second-order valence-electron chi connectivity index (χ2n) is 4.47. The zero-order valence-corrected chi connectivity index (χ0v) is 12.6. The summed E-state index contributed by atoms with van der Waals surface area (Å²) in [5, 5.41) is 9.63. The molecule has 3 rings (SSSR count). The molecule has 1 atom stereocenters. The molecular formula is C12H13BrN4OS. The Kier molecular flexibility index (Phi) is 3.65. The number of likely N-dealkylation sites (tertiary alicyclic amines) is 1.